The molecule has 3 aromatic rings. The van der Waals surface area contributed by atoms with Crippen molar-refractivity contribution >= 4 is 27.3 Å². The number of carbonyl (C=O) groups is 1. The molecule has 0 saturated carbocycles. The summed E-state index contributed by atoms with van der Waals surface area (Å²) in [7, 11) is -3.78. The maximum atomic E-state index is 12.8. The topological polar surface area (TPSA) is 98.9 Å². The first-order chi connectivity index (χ1) is 14.1. The number of rotatable bonds is 6. The van der Waals surface area contributed by atoms with Crippen LogP contribution in [0.3, 0.4) is 0 Å². The summed E-state index contributed by atoms with van der Waals surface area (Å²) in [5, 5.41) is 1.56. The van der Waals surface area contributed by atoms with E-state index in [0.29, 0.717) is 24.8 Å². The van der Waals surface area contributed by atoms with Crippen molar-refractivity contribution in [2.75, 3.05) is 26.3 Å². The molecule has 8 nitrogen and oxygen atoms in total. The number of oxazole rings is 1. The van der Waals surface area contributed by atoms with Gasteiger partial charge in [0.2, 0.25) is 15.9 Å². The molecule has 152 valence electrons. The van der Waals surface area contributed by atoms with E-state index in [4.69, 9.17) is 13.9 Å². The fraction of sp³-hybridized carbons (Fsp3) is 0.263. The van der Waals surface area contributed by atoms with Crippen LogP contribution in [0.15, 0.2) is 57.4 Å². The molecule has 10 heteroatoms. The minimum absolute atomic E-state index is 0.0421. The zero-order valence-corrected chi connectivity index (χ0v) is 16.9. The SMILES string of the molecule is O=C(OCc1coc(-c2ccccc2)n1)c1sccc1S(=O)(=O)N1CCOCC1. The van der Waals surface area contributed by atoms with Crippen LogP contribution in [-0.4, -0.2) is 50.0 Å². The summed E-state index contributed by atoms with van der Waals surface area (Å²) < 4.78 is 42.9. The number of esters is 1. The van der Waals surface area contributed by atoms with Crippen LogP contribution in [0.2, 0.25) is 0 Å². The summed E-state index contributed by atoms with van der Waals surface area (Å²) in [4.78, 5) is 16.8. The first-order valence-corrected chi connectivity index (χ1v) is 11.2. The lowest BCUT2D eigenvalue weighted by Crippen LogP contribution is -2.40. The molecule has 0 bridgehead atoms. The Bertz CT molecular complexity index is 1080. The molecule has 1 saturated heterocycles. The maximum Gasteiger partial charge on any atom is 0.350 e. The minimum Gasteiger partial charge on any atom is -0.455 e. The molecule has 4 rings (SSSR count). The molecule has 0 amide bonds. The normalized spacial score (nSPS) is 15.3. The third-order valence-corrected chi connectivity index (χ3v) is 7.29. The second-order valence-electron chi connectivity index (χ2n) is 6.22. The lowest BCUT2D eigenvalue weighted by Gasteiger charge is -2.25. The van der Waals surface area contributed by atoms with Crippen molar-refractivity contribution in [1.29, 1.82) is 0 Å². The van der Waals surface area contributed by atoms with Gasteiger partial charge >= 0.3 is 5.97 Å². The number of thiophene rings is 1. The zero-order chi connectivity index (χ0) is 20.3. The van der Waals surface area contributed by atoms with Gasteiger partial charge in [0, 0.05) is 18.7 Å². The van der Waals surface area contributed by atoms with Crippen LogP contribution in [0, 0.1) is 0 Å². The number of aromatic nitrogens is 1. The number of benzene rings is 1. The zero-order valence-electron chi connectivity index (χ0n) is 15.3. The average molecular weight is 434 g/mol. The van der Waals surface area contributed by atoms with Crippen LogP contribution in [0.1, 0.15) is 15.4 Å². The summed E-state index contributed by atoms with van der Waals surface area (Å²) in [5.74, 6) is -0.292. The Balaban J connectivity index is 1.45. The van der Waals surface area contributed by atoms with E-state index in [1.807, 2.05) is 30.3 Å². The van der Waals surface area contributed by atoms with Crippen LogP contribution >= 0.6 is 11.3 Å². The Labute approximate surface area is 171 Å². The number of nitrogens with zero attached hydrogens (tertiary/aromatic N) is 2. The summed E-state index contributed by atoms with van der Waals surface area (Å²) in [6.07, 6.45) is 1.41. The summed E-state index contributed by atoms with van der Waals surface area (Å²) >= 11 is 1.03. The Hall–Kier alpha value is -2.53. The first kappa shape index (κ1) is 19.8. The van der Waals surface area contributed by atoms with Gasteiger partial charge in [-0.15, -0.1) is 11.3 Å². The second-order valence-corrected chi connectivity index (χ2v) is 9.04. The van der Waals surface area contributed by atoms with E-state index < -0.39 is 16.0 Å². The molecule has 0 N–H and O–H groups in total. The average Bonchev–Trinajstić information content (AvgIpc) is 3.43. The highest BCUT2D eigenvalue weighted by molar-refractivity contribution is 7.89. The maximum absolute atomic E-state index is 12.8. The van der Waals surface area contributed by atoms with E-state index in [-0.39, 0.29) is 29.5 Å². The largest absolute Gasteiger partial charge is 0.455 e. The molecule has 2 aromatic heterocycles. The molecule has 3 heterocycles. The van der Waals surface area contributed by atoms with Crippen molar-refractivity contribution in [1.82, 2.24) is 9.29 Å². The number of hydrogen-bond donors (Lipinski definition) is 0. The van der Waals surface area contributed by atoms with E-state index >= 15 is 0 Å². The second kappa shape index (κ2) is 8.46. The van der Waals surface area contributed by atoms with Gasteiger partial charge in [0.25, 0.3) is 0 Å². The van der Waals surface area contributed by atoms with Crippen molar-refractivity contribution in [2.45, 2.75) is 11.5 Å². The number of morpholine rings is 1. The van der Waals surface area contributed by atoms with Gasteiger partial charge in [-0.3, -0.25) is 0 Å². The summed E-state index contributed by atoms with van der Waals surface area (Å²) in [5.41, 5.74) is 1.24. The van der Waals surface area contributed by atoms with Gasteiger partial charge < -0.3 is 13.9 Å². The Kier molecular flexibility index (Phi) is 5.76. The van der Waals surface area contributed by atoms with Crippen LogP contribution in [0.5, 0.6) is 0 Å². The highest BCUT2D eigenvalue weighted by Gasteiger charge is 2.31. The molecule has 1 fully saturated rings. The molecule has 1 aromatic carbocycles. The standard InChI is InChI=1S/C19H18N2O6S2/c22-19(27-13-15-12-26-18(20-15)14-4-2-1-3-5-14)17-16(6-11-28-17)29(23,24)21-7-9-25-10-8-21/h1-6,11-12H,7-10,13H2. The summed E-state index contributed by atoms with van der Waals surface area (Å²) in [6.45, 7) is 1.06. The fourth-order valence-electron chi connectivity index (χ4n) is 2.87. The van der Waals surface area contributed by atoms with Crippen LogP contribution < -0.4 is 0 Å². The molecule has 0 unspecified atom stereocenters. The smallest absolute Gasteiger partial charge is 0.350 e. The molecule has 0 spiro atoms. The molecule has 1 aliphatic rings. The van der Waals surface area contributed by atoms with Gasteiger partial charge in [0.15, 0.2) is 0 Å². The number of ether oxygens (including phenoxy) is 2. The van der Waals surface area contributed by atoms with E-state index in [1.165, 1.54) is 16.6 Å². The van der Waals surface area contributed by atoms with E-state index in [1.54, 1.807) is 5.38 Å². The van der Waals surface area contributed by atoms with Crippen molar-refractivity contribution in [3.05, 3.63) is 58.6 Å². The lowest BCUT2D eigenvalue weighted by atomic mass is 10.2. The quantitative estimate of drug-likeness (QED) is 0.550. The van der Waals surface area contributed by atoms with Gasteiger partial charge in [0.1, 0.15) is 28.3 Å². The summed E-state index contributed by atoms with van der Waals surface area (Å²) in [6, 6.07) is 10.8. The van der Waals surface area contributed by atoms with Crippen LogP contribution in [0.25, 0.3) is 11.5 Å². The Morgan fingerprint density at radius 2 is 1.93 bits per heavy atom. The highest BCUT2D eigenvalue weighted by atomic mass is 32.2. The first-order valence-electron chi connectivity index (χ1n) is 8.88. The predicted molar refractivity (Wildman–Crippen MR) is 105 cm³/mol. The lowest BCUT2D eigenvalue weighted by molar-refractivity contribution is 0.0469. The Morgan fingerprint density at radius 3 is 2.69 bits per heavy atom. The molecular formula is C19H18N2O6S2. The van der Waals surface area contributed by atoms with E-state index in [9.17, 15) is 13.2 Å². The number of sulfonamides is 1. The monoisotopic (exact) mass is 434 g/mol. The third-order valence-electron chi connectivity index (χ3n) is 4.33. The van der Waals surface area contributed by atoms with Crippen LogP contribution in [0.4, 0.5) is 0 Å². The molecule has 29 heavy (non-hydrogen) atoms. The van der Waals surface area contributed by atoms with Gasteiger partial charge in [-0.25, -0.2) is 18.2 Å². The van der Waals surface area contributed by atoms with Gasteiger partial charge in [-0.1, -0.05) is 18.2 Å². The molecular weight excluding hydrogens is 416 g/mol. The van der Waals surface area contributed by atoms with Gasteiger partial charge in [-0.2, -0.15) is 4.31 Å². The molecule has 0 radical (unpaired) electrons. The van der Waals surface area contributed by atoms with Gasteiger partial charge in [0.05, 0.1) is 13.2 Å². The van der Waals surface area contributed by atoms with Gasteiger partial charge in [-0.05, 0) is 23.6 Å². The third kappa shape index (κ3) is 4.25. The molecule has 1 aliphatic heterocycles. The highest BCUT2D eigenvalue weighted by Crippen LogP contribution is 2.27. The predicted octanol–water partition coefficient (Wildman–Crippen LogP) is 2.78. The number of hydrogen-bond acceptors (Lipinski definition) is 8. The fourth-order valence-corrected chi connectivity index (χ4v) is 5.56. The van der Waals surface area contributed by atoms with Crippen molar-refractivity contribution in [3.8, 4) is 11.5 Å². The Morgan fingerprint density at radius 1 is 1.17 bits per heavy atom. The number of carbonyl (C=O) groups excluding carboxylic acids is 1. The van der Waals surface area contributed by atoms with Crippen molar-refractivity contribution in [2.24, 2.45) is 0 Å². The van der Waals surface area contributed by atoms with Crippen molar-refractivity contribution < 1.29 is 27.1 Å². The van der Waals surface area contributed by atoms with E-state index in [0.717, 1.165) is 16.9 Å². The van der Waals surface area contributed by atoms with Crippen LogP contribution in [-0.2, 0) is 26.1 Å². The van der Waals surface area contributed by atoms with Crippen molar-refractivity contribution in [3.63, 3.8) is 0 Å². The van der Waals surface area contributed by atoms with E-state index in [2.05, 4.69) is 4.98 Å². The minimum atomic E-state index is -3.78. The molecule has 0 aliphatic carbocycles. The molecule has 0 atom stereocenters.